The molecule has 7 nitrogen and oxygen atoms in total. The lowest BCUT2D eigenvalue weighted by Gasteiger charge is -2.11. The van der Waals surface area contributed by atoms with Gasteiger partial charge in [0, 0.05) is 23.7 Å². The summed E-state index contributed by atoms with van der Waals surface area (Å²) in [5.41, 5.74) is 1.45. The summed E-state index contributed by atoms with van der Waals surface area (Å²) < 4.78 is 12.3. The number of rotatable bonds is 7. The largest absolute Gasteiger partial charge is 0.497 e. The van der Waals surface area contributed by atoms with Crippen LogP contribution >= 0.6 is 23.4 Å². The molecule has 0 saturated heterocycles. The van der Waals surface area contributed by atoms with Gasteiger partial charge in [0.2, 0.25) is 5.91 Å². The number of aromatic nitrogens is 3. The number of methoxy groups -OCH3 is 2. The van der Waals surface area contributed by atoms with Crippen LogP contribution in [0.1, 0.15) is 0 Å². The molecule has 3 rings (SSSR count). The van der Waals surface area contributed by atoms with Gasteiger partial charge >= 0.3 is 0 Å². The monoisotopic (exact) mass is 418 g/mol. The minimum atomic E-state index is -0.187. The van der Waals surface area contributed by atoms with E-state index >= 15 is 0 Å². The molecular weight excluding hydrogens is 400 g/mol. The first kappa shape index (κ1) is 20.0. The number of amides is 1. The van der Waals surface area contributed by atoms with Gasteiger partial charge in [-0.25, -0.2) is 0 Å². The van der Waals surface area contributed by atoms with E-state index in [1.165, 1.54) is 11.8 Å². The van der Waals surface area contributed by atoms with E-state index in [1.807, 2.05) is 23.7 Å². The predicted molar refractivity (Wildman–Crippen MR) is 110 cm³/mol. The van der Waals surface area contributed by atoms with Crippen LogP contribution in [0.15, 0.2) is 47.6 Å². The molecule has 0 aliphatic heterocycles. The molecule has 0 radical (unpaired) electrons. The third-order valence-electron chi connectivity index (χ3n) is 3.95. The van der Waals surface area contributed by atoms with Crippen LogP contribution in [0.3, 0.4) is 0 Å². The third kappa shape index (κ3) is 4.58. The van der Waals surface area contributed by atoms with Crippen molar-refractivity contribution < 1.29 is 14.3 Å². The lowest BCUT2D eigenvalue weighted by Crippen LogP contribution is -2.15. The minimum absolute atomic E-state index is 0.174. The van der Waals surface area contributed by atoms with Crippen molar-refractivity contribution in [1.82, 2.24) is 14.8 Å². The van der Waals surface area contributed by atoms with Crippen LogP contribution in [0.5, 0.6) is 11.5 Å². The Morgan fingerprint density at radius 2 is 1.89 bits per heavy atom. The van der Waals surface area contributed by atoms with Crippen LogP contribution in [0.2, 0.25) is 5.02 Å². The standard InChI is InChI=1S/C19H19ClN4O3S/c1-24-18(12-4-6-13(20)7-5-12)22-23-19(24)28-11-17(25)21-15-10-14(26-2)8-9-16(15)27-3/h4-10H,11H2,1-3H3,(H,21,25). The lowest BCUT2D eigenvalue weighted by atomic mass is 10.2. The van der Waals surface area contributed by atoms with Gasteiger partial charge in [-0.2, -0.15) is 0 Å². The summed E-state index contributed by atoms with van der Waals surface area (Å²) in [5.74, 6) is 1.88. The Bertz CT molecular complexity index is 976. The molecule has 1 heterocycles. The summed E-state index contributed by atoms with van der Waals surface area (Å²) in [6.07, 6.45) is 0. The highest BCUT2D eigenvalue weighted by Crippen LogP contribution is 2.29. The fraction of sp³-hybridized carbons (Fsp3) is 0.211. The van der Waals surface area contributed by atoms with E-state index in [-0.39, 0.29) is 11.7 Å². The van der Waals surface area contributed by atoms with E-state index in [0.29, 0.717) is 33.2 Å². The molecule has 0 aliphatic rings. The van der Waals surface area contributed by atoms with E-state index in [1.54, 1.807) is 44.6 Å². The van der Waals surface area contributed by atoms with Crippen LogP contribution in [-0.4, -0.2) is 40.6 Å². The van der Waals surface area contributed by atoms with Crippen LogP contribution in [0.25, 0.3) is 11.4 Å². The van der Waals surface area contributed by atoms with Gasteiger partial charge in [0.25, 0.3) is 0 Å². The van der Waals surface area contributed by atoms with Gasteiger partial charge in [0.05, 0.1) is 25.7 Å². The highest BCUT2D eigenvalue weighted by atomic mass is 35.5. The molecule has 0 aliphatic carbocycles. The molecule has 0 spiro atoms. The molecule has 0 bridgehead atoms. The van der Waals surface area contributed by atoms with Crippen LogP contribution in [-0.2, 0) is 11.8 Å². The Kier molecular flexibility index (Phi) is 6.43. The second-order valence-corrected chi connectivity index (χ2v) is 7.15. The van der Waals surface area contributed by atoms with Crippen molar-refractivity contribution in [2.24, 2.45) is 7.05 Å². The van der Waals surface area contributed by atoms with Crippen LogP contribution in [0.4, 0.5) is 5.69 Å². The number of hydrogen-bond donors (Lipinski definition) is 1. The number of thioether (sulfide) groups is 1. The smallest absolute Gasteiger partial charge is 0.234 e. The lowest BCUT2D eigenvalue weighted by molar-refractivity contribution is -0.113. The molecule has 1 N–H and O–H groups in total. The number of hydrogen-bond acceptors (Lipinski definition) is 6. The molecule has 0 saturated carbocycles. The second-order valence-electron chi connectivity index (χ2n) is 5.78. The highest BCUT2D eigenvalue weighted by Gasteiger charge is 2.14. The molecule has 2 aromatic carbocycles. The summed E-state index contributed by atoms with van der Waals surface area (Å²) in [5, 5.41) is 12.5. The fourth-order valence-electron chi connectivity index (χ4n) is 2.52. The molecule has 3 aromatic rings. The molecular formula is C19H19ClN4O3S. The molecule has 1 amide bonds. The normalized spacial score (nSPS) is 10.6. The molecule has 1 aromatic heterocycles. The summed E-state index contributed by atoms with van der Waals surface area (Å²) in [4.78, 5) is 12.4. The molecule has 0 unspecified atom stereocenters. The number of halogens is 1. The maximum atomic E-state index is 12.4. The SMILES string of the molecule is COc1ccc(OC)c(NC(=O)CSc2nnc(-c3ccc(Cl)cc3)n2C)c1. The first-order chi connectivity index (χ1) is 13.5. The number of ether oxygens (including phenoxy) is 2. The first-order valence-electron chi connectivity index (χ1n) is 8.32. The molecule has 9 heteroatoms. The van der Waals surface area contributed by atoms with Gasteiger partial charge in [-0.15, -0.1) is 10.2 Å². The van der Waals surface area contributed by atoms with Crippen LogP contribution in [0, 0.1) is 0 Å². The molecule has 146 valence electrons. The number of carbonyl (C=O) groups excluding carboxylic acids is 1. The summed E-state index contributed by atoms with van der Waals surface area (Å²) >= 11 is 7.22. The number of nitrogens with one attached hydrogen (secondary N) is 1. The van der Waals surface area contributed by atoms with Gasteiger partial charge in [0.15, 0.2) is 11.0 Å². The summed E-state index contributed by atoms with van der Waals surface area (Å²) in [6.45, 7) is 0. The maximum absolute atomic E-state index is 12.4. The van der Waals surface area contributed by atoms with E-state index in [0.717, 1.165) is 5.56 Å². The molecule has 28 heavy (non-hydrogen) atoms. The molecule has 0 atom stereocenters. The first-order valence-corrected chi connectivity index (χ1v) is 9.68. The Balaban J connectivity index is 1.66. The van der Waals surface area contributed by atoms with Crippen molar-refractivity contribution in [1.29, 1.82) is 0 Å². The van der Waals surface area contributed by atoms with Crippen molar-refractivity contribution in [3.8, 4) is 22.9 Å². The average Bonchev–Trinajstić information content (AvgIpc) is 3.07. The Morgan fingerprint density at radius 3 is 2.57 bits per heavy atom. The zero-order valence-electron chi connectivity index (χ0n) is 15.6. The van der Waals surface area contributed by atoms with E-state index in [4.69, 9.17) is 21.1 Å². The number of anilines is 1. The van der Waals surface area contributed by atoms with Crippen molar-refractivity contribution in [2.45, 2.75) is 5.16 Å². The second kappa shape index (κ2) is 8.99. The van der Waals surface area contributed by atoms with Crippen molar-refractivity contribution in [3.63, 3.8) is 0 Å². The Labute approximate surface area is 172 Å². The average molecular weight is 419 g/mol. The minimum Gasteiger partial charge on any atom is -0.497 e. The Morgan fingerprint density at radius 1 is 1.14 bits per heavy atom. The number of carbonyl (C=O) groups is 1. The van der Waals surface area contributed by atoms with Crippen molar-refractivity contribution >= 4 is 35.0 Å². The van der Waals surface area contributed by atoms with Crippen LogP contribution < -0.4 is 14.8 Å². The predicted octanol–water partition coefficient (Wildman–Crippen LogP) is 3.88. The number of benzene rings is 2. The quantitative estimate of drug-likeness (QED) is 0.586. The third-order valence-corrected chi connectivity index (χ3v) is 5.22. The zero-order chi connectivity index (χ0) is 20.1. The highest BCUT2D eigenvalue weighted by molar-refractivity contribution is 7.99. The summed E-state index contributed by atoms with van der Waals surface area (Å²) in [6, 6.07) is 12.6. The topological polar surface area (TPSA) is 78.3 Å². The van der Waals surface area contributed by atoms with Gasteiger partial charge in [-0.05, 0) is 36.4 Å². The maximum Gasteiger partial charge on any atom is 0.234 e. The van der Waals surface area contributed by atoms with Gasteiger partial charge in [-0.3, -0.25) is 4.79 Å². The van der Waals surface area contributed by atoms with Gasteiger partial charge < -0.3 is 19.4 Å². The van der Waals surface area contributed by atoms with Crippen molar-refractivity contribution in [3.05, 3.63) is 47.5 Å². The zero-order valence-corrected chi connectivity index (χ0v) is 17.2. The van der Waals surface area contributed by atoms with Crippen molar-refractivity contribution in [2.75, 3.05) is 25.3 Å². The fourth-order valence-corrected chi connectivity index (χ4v) is 3.36. The van der Waals surface area contributed by atoms with Gasteiger partial charge in [-0.1, -0.05) is 23.4 Å². The molecule has 0 fully saturated rings. The van der Waals surface area contributed by atoms with E-state index < -0.39 is 0 Å². The van der Waals surface area contributed by atoms with E-state index in [9.17, 15) is 4.79 Å². The Hall–Kier alpha value is -2.71. The van der Waals surface area contributed by atoms with E-state index in [2.05, 4.69) is 15.5 Å². The number of nitrogens with zero attached hydrogens (tertiary/aromatic N) is 3. The summed E-state index contributed by atoms with van der Waals surface area (Å²) in [7, 11) is 4.97. The van der Waals surface area contributed by atoms with Gasteiger partial charge in [0.1, 0.15) is 11.5 Å².